The minimum Gasteiger partial charge on any atom is -0.445 e. The van der Waals surface area contributed by atoms with Crippen LogP contribution in [-0.2, 0) is 9.53 Å². The minimum absolute atomic E-state index is 0.103. The van der Waals surface area contributed by atoms with E-state index in [1.54, 1.807) is 0 Å². The molecule has 2 nitrogen and oxygen atoms in total. The van der Waals surface area contributed by atoms with Gasteiger partial charge in [0.15, 0.2) is 5.60 Å². The molecule has 0 aromatic carbocycles. The molecule has 0 N–H and O–H groups in total. The maximum Gasteiger partial charge on any atom is 0.307 e. The highest BCUT2D eigenvalue weighted by Crippen LogP contribution is 2.56. The van der Waals surface area contributed by atoms with Gasteiger partial charge >= 0.3 is 5.97 Å². The highest BCUT2D eigenvalue weighted by atomic mass is 16.6. The van der Waals surface area contributed by atoms with Gasteiger partial charge < -0.3 is 4.74 Å². The van der Waals surface area contributed by atoms with Gasteiger partial charge in [-0.1, -0.05) is 33.1 Å². The van der Waals surface area contributed by atoms with Crippen LogP contribution in [0, 0.1) is 29.6 Å². The molecule has 1 aliphatic heterocycles. The standard InChI is InChI=1S/C14H20O2/c1-5-10-7-8-14(6-2)11(13(10,3)4)9-12(15)16-14/h2,10-11H,5,7-9H2,1,3-4H3/t10?,11-,14?/m1/s1. The first-order chi connectivity index (χ1) is 7.46. The van der Waals surface area contributed by atoms with E-state index in [0.29, 0.717) is 12.3 Å². The van der Waals surface area contributed by atoms with E-state index in [-0.39, 0.29) is 17.3 Å². The fourth-order valence-electron chi connectivity index (χ4n) is 3.71. The quantitative estimate of drug-likeness (QED) is 0.501. The molecule has 2 unspecified atom stereocenters. The molecule has 2 aliphatic rings. The smallest absolute Gasteiger partial charge is 0.307 e. The lowest BCUT2D eigenvalue weighted by Crippen LogP contribution is -2.49. The van der Waals surface area contributed by atoms with E-state index in [2.05, 4.69) is 26.7 Å². The van der Waals surface area contributed by atoms with Gasteiger partial charge in [0, 0.05) is 5.92 Å². The SMILES string of the molecule is C#CC12CCC(CC)C(C)(C)[C@H]1CC(=O)O2. The van der Waals surface area contributed by atoms with E-state index >= 15 is 0 Å². The van der Waals surface area contributed by atoms with E-state index in [9.17, 15) is 4.79 Å². The molecule has 3 atom stereocenters. The number of carbonyl (C=O) groups excluding carboxylic acids is 1. The molecule has 1 saturated heterocycles. The molecule has 88 valence electrons. The highest BCUT2D eigenvalue weighted by Gasteiger charge is 2.58. The molecule has 0 aromatic rings. The summed E-state index contributed by atoms with van der Waals surface area (Å²) in [6, 6.07) is 0. The van der Waals surface area contributed by atoms with Gasteiger partial charge in [-0.2, -0.15) is 0 Å². The maximum atomic E-state index is 11.5. The zero-order valence-electron chi connectivity index (χ0n) is 10.4. The molecule has 0 aromatic heterocycles. The Morgan fingerprint density at radius 1 is 1.56 bits per heavy atom. The summed E-state index contributed by atoms with van der Waals surface area (Å²) < 4.78 is 5.46. The fraction of sp³-hybridized carbons (Fsp3) is 0.786. The van der Waals surface area contributed by atoms with Crippen molar-refractivity contribution in [1.29, 1.82) is 0 Å². The zero-order valence-corrected chi connectivity index (χ0v) is 10.4. The van der Waals surface area contributed by atoms with E-state index in [0.717, 1.165) is 19.3 Å². The van der Waals surface area contributed by atoms with Gasteiger partial charge in [-0.3, -0.25) is 4.79 Å². The fourth-order valence-corrected chi connectivity index (χ4v) is 3.71. The van der Waals surface area contributed by atoms with Gasteiger partial charge in [-0.15, -0.1) is 6.42 Å². The molecule has 0 radical (unpaired) electrons. The van der Waals surface area contributed by atoms with Crippen LogP contribution in [0.3, 0.4) is 0 Å². The van der Waals surface area contributed by atoms with Crippen molar-refractivity contribution in [3.8, 4) is 12.3 Å². The van der Waals surface area contributed by atoms with Gasteiger partial charge in [0.1, 0.15) is 0 Å². The first-order valence-electron chi connectivity index (χ1n) is 6.16. The van der Waals surface area contributed by atoms with Gasteiger partial charge in [0.25, 0.3) is 0 Å². The molecular formula is C14H20O2. The monoisotopic (exact) mass is 220 g/mol. The Bertz CT molecular complexity index is 350. The average molecular weight is 220 g/mol. The molecular weight excluding hydrogens is 200 g/mol. The number of ether oxygens (including phenoxy) is 1. The minimum atomic E-state index is -0.605. The van der Waals surface area contributed by atoms with Crippen molar-refractivity contribution in [3.05, 3.63) is 0 Å². The van der Waals surface area contributed by atoms with E-state index < -0.39 is 5.60 Å². The van der Waals surface area contributed by atoms with Gasteiger partial charge in [0.05, 0.1) is 6.42 Å². The van der Waals surface area contributed by atoms with Crippen molar-refractivity contribution in [1.82, 2.24) is 0 Å². The Morgan fingerprint density at radius 3 is 2.81 bits per heavy atom. The van der Waals surface area contributed by atoms with Crippen molar-refractivity contribution < 1.29 is 9.53 Å². The second-order valence-electron chi connectivity index (χ2n) is 5.73. The number of hydrogen-bond donors (Lipinski definition) is 0. The number of fused-ring (bicyclic) bond motifs is 1. The number of hydrogen-bond acceptors (Lipinski definition) is 2. The Balaban J connectivity index is 2.38. The summed E-state index contributed by atoms with van der Waals surface area (Å²) in [6.07, 6.45) is 9.17. The van der Waals surface area contributed by atoms with Crippen molar-refractivity contribution in [2.24, 2.45) is 17.3 Å². The van der Waals surface area contributed by atoms with Gasteiger partial charge in [-0.25, -0.2) is 0 Å². The van der Waals surface area contributed by atoms with Crippen molar-refractivity contribution in [3.63, 3.8) is 0 Å². The second-order valence-corrected chi connectivity index (χ2v) is 5.73. The largest absolute Gasteiger partial charge is 0.445 e. The van der Waals surface area contributed by atoms with Crippen LogP contribution in [0.25, 0.3) is 0 Å². The Hall–Kier alpha value is -0.970. The third-order valence-electron chi connectivity index (χ3n) is 4.78. The Labute approximate surface area is 97.7 Å². The maximum absolute atomic E-state index is 11.5. The number of terminal acetylenes is 1. The number of carbonyl (C=O) groups is 1. The highest BCUT2D eigenvalue weighted by molar-refractivity contribution is 5.74. The normalized spacial score (nSPS) is 41.0. The molecule has 1 aliphatic carbocycles. The molecule has 2 rings (SSSR count). The predicted octanol–water partition coefficient (Wildman–Crippen LogP) is 2.77. The summed E-state index contributed by atoms with van der Waals surface area (Å²) in [6.45, 7) is 6.69. The third-order valence-corrected chi connectivity index (χ3v) is 4.78. The molecule has 2 heteroatoms. The van der Waals surface area contributed by atoms with E-state index in [1.165, 1.54) is 0 Å². The number of rotatable bonds is 1. The molecule has 0 bridgehead atoms. The van der Waals surface area contributed by atoms with Crippen LogP contribution in [-0.4, -0.2) is 11.6 Å². The van der Waals surface area contributed by atoms with Crippen LogP contribution in [0.15, 0.2) is 0 Å². The van der Waals surface area contributed by atoms with Crippen LogP contribution < -0.4 is 0 Å². The summed E-state index contributed by atoms with van der Waals surface area (Å²) in [5, 5.41) is 0. The Morgan fingerprint density at radius 2 is 2.25 bits per heavy atom. The molecule has 1 saturated carbocycles. The van der Waals surface area contributed by atoms with Crippen LogP contribution in [0.5, 0.6) is 0 Å². The summed E-state index contributed by atoms with van der Waals surface area (Å²) in [4.78, 5) is 11.5. The van der Waals surface area contributed by atoms with Crippen molar-refractivity contribution >= 4 is 5.97 Å². The van der Waals surface area contributed by atoms with Crippen molar-refractivity contribution in [2.45, 2.75) is 52.1 Å². The first kappa shape index (κ1) is 11.5. The number of esters is 1. The lowest BCUT2D eigenvalue weighted by atomic mass is 9.56. The lowest BCUT2D eigenvalue weighted by Gasteiger charge is -2.49. The average Bonchev–Trinajstić information content (AvgIpc) is 2.57. The van der Waals surface area contributed by atoms with Gasteiger partial charge in [-0.05, 0) is 24.2 Å². The molecule has 16 heavy (non-hydrogen) atoms. The summed E-state index contributed by atoms with van der Waals surface area (Å²) in [5.74, 6) is 3.49. The third kappa shape index (κ3) is 1.38. The molecule has 2 fully saturated rings. The Kier molecular flexibility index (Phi) is 2.53. The summed E-state index contributed by atoms with van der Waals surface area (Å²) >= 11 is 0. The van der Waals surface area contributed by atoms with Crippen LogP contribution in [0.4, 0.5) is 0 Å². The van der Waals surface area contributed by atoms with Crippen LogP contribution in [0.2, 0.25) is 0 Å². The zero-order chi connectivity index (χ0) is 12.0. The molecule has 0 spiro atoms. The van der Waals surface area contributed by atoms with Gasteiger partial charge in [0.2, 0.25) is 0 Å². The predicted molar refractivity (Wildman–Crippen MR) is 62.6 cm³/mol. The second kappa shape index (κ2) is 3.52. The van der Waals surface area contributed by atoms with Crippen molar-refractivity contribution in [2.75, 3.05) is 0 Å². The van der Waals surface area contributed by atoms with E-state index in [1.807, 2.05) is 0 Å². The topological polar surface area (TPSA) is 26.3 Å². The van der Waals surface area contributed by atoms with E-state index in [4.69, 9.17) is 11.2 Å². The van der Waals surface area contributed by atoms with Crippen LogP contribution in [0.1, 0.15) is 46.5 Å². The first-order valence-corrected chi connectivity index (χ1v) is 6.16. The summed E-state index contributed by atoms with van der Waals surface area (Å²) in [7, 11) is 0. The molecule has 1 heterocycles. The lowest BCUT2D eigenvalue weighted by molar-refractivity contribution is -0.148. The van der Waals surface area contributed by atoms with Crippen LogP contribution >= 0.6 is 0 Å². The summed E-state index contributed by atoms with van der Waals surface area (Å²) in [5.41, 5.74) is -0.502. The molecule has 0 amide bonds.